The third-order valence-corrected chi connectivity index (χ3v) is 7.44. The minimum Gasteiger partial charge on any atom is -0.465 e. The van der Waals surface area contributed by atoms with E-state index in [2.05, 4.69) is 31.3 Å². The molecule has 1 aromatic rings. The summed E-state index contributed by atoms with van der Waals surface area (Å²) >= 11 is 0. The summed E-state index contributed by atoms with van der Waals surface area (Å²) in [6.45, 7) is 5.17. The van der Waals surface area contributed by atoms with Crippen LogP contribution >= 0.6 is 0 Å². The van der Waals surface area contributed by atoms with Crippen LogP contribution in [-0.4, -0.2) is 24.5 Å². The van der Waals surface area contributed by atoms with Gasteiger partial charge in [0.2, 0.25) is 0 Å². The molecule has 182 valence electrons. The van der Waals surface area contributed by atoms with Gasteiger partial charge in [-0.2, -0.15) is 0 Å². The summed E-state index contributed by atoms with van der Waals surface area (Å²) in [6.07, 6.45) is 20.4. The largest absolute Gasteiger partial charge is 0.465 e. The fraction of sp³-hybridized carbons (Fsp3) is 0.655. The summed E-state index contributed by atoms with van der Waals surface area (Å²) in [7, 11) is 1.42. The van der Waals surface area contributed by atoms with Crippen molar-refractivity contribution in [3.05, 3.63) is 47.5 Å². The lowest BCUT2D eigenvalue weighted by Crippen LogP contribution is -2.33. The Morgan fingerprint density at radius 3 is 2.06 bits per heavy atom. The third kappa shape index (κ3) is 7.81. The predicted octanol–water partition coefficient (Wildman–Crippen LogP) is 7.24. The fourth-order valence-corrected chi connectivity index (χ4v) is 5.11. The molecule has 0 bridgehead atoms. The van der Waals surface area contributed by atoms with Gasteiger partial charge in [0, 0.05) is 18.2 Å². The molecule has 0 amide bonds. The van der Waals surface area contributed by atoms with Crippen molar-refractivity contribution >= 4 is 11.7 Å². The van der Waals surface area contributed by atoms with Crippen LogP contribution in [0, 0.1) is 11.8 Å². The molecule has 2 aliphatic rings. The van der Waals surface area contributed by atoms with Crippen molar-refractivity contribution in [2.75, 3.05) is 7.11 Å². The molecule has 0 heterocycles. The number of ether oxygens (including phenoxy) is 1. The molecule has 2 atom stereocenters. The molecular weight excluding hydrogens is 408 g/mol. The Bertz CT molecular complexity index is 786. The summed E-state index contributed by atoms with van der Waals surface area (Å²) in [4.78, 5) is 17.1. The minimum absolute atomic E-state index is 0.153. The molecule has 4 nitrogen and oxygen atoms in total. The van der Waals surface area contributed by atoms with Crippen molar-refractivity contribution in [1.29, 1.82) is 0 Å². The van der Waals surface area contributed by atoms with E-state index in [4.69, 9.17) is 9.73 Å². The number of carbonyl (C=O) groups is 1. The number of carbonyl (C=O) groups excluding carboxylic acids is 1. The fourth-order valence-electron chi connectivity index (χ4n) is 5.11. The first-order chi connectivity index (χ1) is 16.1. The molecule has 2 aliphatic carbocycles. The van der Waals surface area contributed by atoms with Gasteiger partial charge in [-0.15, -0.1) is 0 Å². The van der Waals surface area contributed by atoms with Gasteiger partial charge in [-0.05, 0) is 55.9 Å². The van der Waals surface area contributed by atoms with Crippen LogP contribution in [0.5, 0.6) is 0 Å². The quantitative estimate of drug-likeness (QED) is 0.350. The molecule has 2 saturated carbocycles. The number of rotatable bonds is 7. The number of esters is 1. The van der Waals surface area contributed by atoms with Crippen LogP contribution in [0.15, 0.2) is 41.4 Å². The van der Waals surface area contributed by atoms with Gasteiger partial charge in [0.25, 0.3) is 0 Å². The zero-order valence-electron chi connectivity index (χ0n) is 21.1. The van der Waals surface area contributed by atoms with Crippen LogP contribution in [0.4, 0.5) is 0 Å². The van der Waals surface area contributed by atoms with Crippen LogP contribution in [0.2, 0.25) is 0 Å². The zero-order valence-corrected chi connectivity index (χ0v) is 21.1. The Kier molecular flexibility index (Phi) is 10.2. The van der Waals surface area contributed by atoms with Crippen molar-refractivity contribution < 1.29 is 9.53 Å². The van der Waals surface area contributed by atoms with Crippen molar-refractivity contribution in [1.82, 2.24) is 5.32 Å². The van der Waals surface area contributed by atoms with Crippen molar-refractivity contribution in [2.45, 2.75) is 103 Å². The maximum Gasteiger partial charge on any atom is 0.337 e. The molecule has 0 aromatic heterocycles. The van der Waals surface area contributed by atoms with E-state index in [9.17, 15) is 4.79 Å². The maximum atomic E-state index is 11.7. The zero-order chi connectivity index (χ0) is 23.5. The highest BCUT2D eigenvalue weighted by Crippen LogP contribution is 2.45. The number of methoxy groups -OCH3 is 1. The van der Waals surface area contributed by atoms with Gasteiger partial charge in [0.15, 0.2) is 0 Å². The first-order valence-corrected chi connectivity index (χ1v) is 13.2. The molecule has 2 fully saturated rings. The molecule has 3 rings (SSSR count). The van der Waals surface area contributed by atoms with Gasteiger partial charge in [-0.1, -0.05) is 82.9 Å². The van der Waals surface area contributed by atoms with Crippen LogP contribution in [0.25, 0.3) is 0 Å². The summed E-state index contributed by atoms with van der Waals surface area (Å²) < 4.78 is 4.80. The number of allylic oxidation sites excluding steroid dienone is 2. The molecule has 0 spiro atoms. The molecule has 0 radical (unpaired) electrons. The average Bonchev–Trinajstić information content (AvgIpc) is 3.46. The highest BCUT2D eigenvalue weighted by Gasteiger charge is 2.51. The number of benzene rings is 1. The SMILES string of the molecule is C/C=C\C(=N/C1(NCc2ccc(C(=O)OC)cc2)CC1C)C1CCCCCCCCCCC1. The molecule has 1 aromatic carbocycles. The Labute approximate surface area is 201 Å². The van der Waals surface area contributed by atoms with E-state index in [1.54, 1.807) is 0 Å². The highest BCUT2D eigenvalue weighted by molar-refractivity contribution is 5.97. The number of nitrogens with zero attached hydrogens (tertiary/aromatic N) is 1. The van der Waals surface area contributed by atoms with E-state index in [1.807, 2.05) is 24.3 Å². The molecule has 0 saturated heterocycles. The lowest BCUT2D eigenvalue weighted by molar-refractivity contribution is 0.0600. The van der Waals surface area contributed by atoms with E-state index in [0.717, 1.165) is 18.5 Å². The van der Waals surface area contributed by atoms with E-state index in [1.165, 1.54) is 83.5 Å². The van der Waals surface area contributed by atoms with Gasteiger partial charge in [0.05, 0.1) is 12.7 Å². The Morgan fingerprint density at radius 1 is 1.03 bits per heavy atom. The molecule has 1 N–H and O–H groups in total. The average molecular weight is 453 g/mol. The lowest BCUT2D eigenvalue weighted by atomic mass is 9.89. The maximum absolute atomic E-state index is 11.7. The predicted molar refractivity (Wildman–Crippen MR) is 138 cm³/mol. The second kappa shape index (κ2) is 13.1. The number of hydrogen-bond acceptors (Lipinski definition) is 4. The summed E-state index contributed by atoms with van der Waals surface area (Å²) in [5.41, 5.74) is 2.90. The first kappa shape index (κ1) is 25.7. The Morgan fingerprint density at radius 2 is 1.58 bits per heavy atom. The Hall–Kier alpha value is -1.94. The summed E-state index contributed by atoms with van der Waals surface area (Å²) in [5.74, 6) is 0.823. The third-order valence-electron chi connectivity index (χ3n) is 7.44. The minimum atomic E-state index is -0.292. The second-order valence-corrected chi connectivity index (χ2v) is 10.1. The van der Waals surface area contributed by atoms with Crippen LogP contribution in [0.1, 0.15) is 107 Å². The Balaban J connectivity index is 1.68. The molecule has 0 aliphatic heterocycles. The van der Waals surface area contributed by atoms with Crippen LogP contribution < -0.4 is 5.32 Å². The molecule has 33 heavy (non-hydrogen) atoms. The number of aliphatic imine (C=N–C) groups is 1. The first-order valence-electron chi connectivity index (χ1n) is 13.2. The standard InChI is InChI=1S/C29H44N2O2/c1-4-14-27(25-15-12-10-8-6-5-7-9-11-13-16-25)31-29(21-23(29)2)30-22-24-17-19-26(20-18-24)28(32)33-3/h4,14,17-20,23,25,30H,5-13,15-16,21-22H2,1-3H3/b14-4-,31-27+. The van der Waals surface area contributed by atoms with Gasteiger partial charge in [-0.25, -0.2) is 4.79 Å². The van der Waals surface area contributed by atoms with Gasteiger partial charge >= 0.3 is 5.97 Å². The molecular formula is C29H44N2O2. The van der Waals surface area contributed by atoms with Crippen molar-refractivity contribution in [3.8, 4) is 0 Å². The second-order valence-electron chi connectivity index (χ2n) is 10.1. The van der Waals surface area contributed by atoms with E-state index in [-0.39, 0.29) is 11.6 Å². The van der Waals surface area contributed by atoms with Crippen molar-refractivity contribution in [2.24, 2.45) is 16.8 Å². The van der Waals surface area contributed by atoms with Gasteiger partial charge in [-0.3, -0.25) is 10.3 Å². The number of nitrogens with one attached hydrogen (secondary N) is 1. The van der Waals surface area contributed by atoms with E-state index in [0.29, 0.717) is 17.4 Å². The highest BCUT2D eigenvalue weighted by atomic mass is 16.5. The summed E-state index contributed by atoms with van der Waals surface area (Å²) in [5, 5.41) is 3.76. The topological polar surface area (TPSA) is 50.7 Å². The molecule has 4 heteroatoms. The normalized spacial score (nSPS) is 25.9. The van der Waals surface area contributed by atoms with Crippen molar-refractivity contribution in [3.63, 3.8) is 0 Å². The number of hydrogen-bond donors (Lipinski definition) is 1. The van der Waals surface area contributed by atoms with Gasteiger partial charge < -0.3 is 4.74 Å². The molecule has 2 unspecified atom stereocenters. The monoisotopic (exact) mass is 452 g/mol. The van der Waals surface area contributed by atoms with Gasteiger partial charge in [0.1, 0.15) is 5.66 Å². The lowest BCUT2D eigenvalue weighted by Gasteiger charge is -2.22. The van der Waals surface area contributed by atoms with Crippen LogP contribution in [0.3, 0.4) is 0 Å². The smallest absolute Gasteiger partial charge is 0.337 e. The van der Waals surface area contributed by atoms with Crippen LogP contribution in [-0.2, 0) is 11.3 Å². The van der Waals surface area contributed by atoms with E-state index < -0.39 is 0 Å². The summed E-state index contributed by atoms with van der Waals surface area (Å²) in [6, 6.07) is 7.68. The van der Waals surface area contributed by atoms with E-state index >= 15 is 0 Å².